The number of rotatable bonds is 9. The molecule has 0 aliphatic rings. The first-order valence-corrected chi connectivity index (χ1v) is 6.27. The minimum absolute atomic E-state index is 0.0730. The van der Waals surface area contributed by atoms with Crippen LogP contribution in [-0.4, -0.2) is 66.3 Å². The van der Waals surface area contributed by atoms with Gasteiger partial charge in [0, 0.05) is 19.2 Å². The number of carboxylic acid groups (broad SMARTS) is 1. The lowest BCUT2D eigenvalue weighted by Gasteiger charge is -2.10. The van der Waals surface area contributed by atoms with Gasteiger partial charge in [-0.1, -0.05) is 0 Å². The van der Waals surface area contributed by atoms with Crippen molar-refractivity contribution >= 4 is 17.5 Å². The van der Waals surface area contributed by atoms with Crippen molar-refractivity contribution in [1.82, 2.24) is 9.88 Å². The zero-order chi connectivity index (χ0) is 15.8. The number of pyridine rings is 1. The molecule has 0 atom stereocenters. The molecule has 0 spiro atoms. The summed E-state index contributed by atoms with van der Waals surface area (Å²) in [5.41, 5.74) is -0.523. The Labute approximate surface area is 121 Å². The third-order valence-electron chi connectivity index (χ3n) is 2.51. The number of anilines is 1. The van der Waals surface area contributed by atoms with Crippen LogP contribution in [0.15, 0.2) is 12.1 Å². The number of hydrogen-bond acceptors (Lipinski definition) is 7. The molecule has 9 nitrogen and oxygen atoms in total. The molecule has 1 aromatic heterocycles. The maximum atomic E-state index is 10.9. The molecule has 1 aromatic rings. The van der Waals surface area contributed by atoms with Crippen molar-refractivity contribution in [2.45, 2.75) is 0 Å². The maximum Gasteiger partial charge on any atom is 0.354 e. The van der Waals surface area contributed by atoms with E-state index in [0.29, 0.717) is 19.8 Å². The number of aromatic carboxylic acids is 1. The molecule has 0 aromatic carbocycles. The van der Waals surface area contributed by atoms with Gasteiger partial charge in [0.15, 0.2) is 5.69 Å². The Morgan fingerprint density at radius 1 is 1.48 bits per heavy atom. The van der Waals surface area contributed by atoms with Crippen LogP contribution in [0.4, 0.5) is 11.5 Å². The first-order valence-electron chi connectivity index (χ1n) is 6.27. The van der Waals surface area contributed by atoms with Gasteiger partial charge < -0.3 is 20.1 Å². The molecule has 1 rings (SSSR count). The molecule has 0 amide bonds. The number of nitrogens with one attached hydrogen (secondary N) is 1. The molecule has 116 valence electrons. The summed E-state index contributed by atoms with van der Waals surface area (Å²) < 4.78 is 5.33. The van der Waals surface area contributed by atoms with Crippen molar-refractivity contribution in [3.05, 3.63) is 27.9 Å². The lowest BCUT2D eigenvalue weighted by molar-refractivity contribution is -0.384. The van der Waals surface area contributed by atoms with E-state index in [1.807, 2.05) is 19.0 Å². The van der Waals surface area contributed by atoms with E-state index in [0.717, 1.165) is 18.7 Å². The largest absolute Gasteiger partial charge is 0.477 e. The Balaban J connectivity index is 2.57. The molecular weight excluding hydrogens is 280 g/mol. The summed E-state index contributed by atoms with van der Waals surface area (Å²) >= 11 is 0. The molecule has 0 saturated heterocycles. The summed E-state index contributed by atoms with van der Waals surface area (Å²) in [5, 5.41) is 22.4. The fourth-order valence-corrected chi connectivity index (χ4v) is 1.44. The van der Waals surface area contributed by atoms with Crippen LogP contribution in [0.25, 0.3) is 0 Å². The van der Waals surface area contributed by atoms with E-state index in [4.69, 9.17) is 9.84 Å². The highest BCUT2D eigenvalue weighted by molar-refractivity contribution is 5.86. The van der Waals surface area contributed by atoms with Crippen molar-refractivity contribution in [1.29, 1.82) is 0 Å². The molecule has 9 heteroatoms. The van der Waals surface area contributed by atoms with Crippen LogP contribution in [0.2, 0.25) is 0 Å². The van der Waals surface area contributed by atoms with Crippen LogP contribution in [0, 0.1) is 10.1 Å². The average Bonchev–Trinajstić information content (AvgIpc) is 2.41. The van der Waals surface area contributed by atoms with Crippen molar-refractivity contribution in [3.8, 4) is 0 Å². The Hall–Kier alpha value is -2.26. The number of aromatic nitrogens is 1. The summed E-state index contributed by atoms with van der Waals surface area (Å²) in [6.07, 6.45) is 0. The van der Waals surface area contributed by atoms with Crippen LogP contribution >= 0.6 is 0 Å². The predicted molar refractivity (Wildman–Crippen MR) is 75.7 cm³/mol. The molecule has 1 heterocycles. The fraction of sp³-hybridized carbons (Fsp3) is 0.500. The summed E-state index contributed by atoms with van der Waals surface area (Å²) in [6, 6.07) is 2.21. The zero-order valence-electron chi connectivity index (χ0n) is 11.9. The van der Waals surface area contributed by atoms with Crippen LogP contribution in [-0.2, 0) is 4.74 Å². The molecule has 0 saturated carbocycles. The quantitative estimate of drug-likeness (QED) is 0.388. The van der Waals surface area contributed by atoms with E-state index >= 15 is 0 Å². The van der Waals surface area contributed by atoms with Gasteiger partial charge >= 0.3 is 11.7 Å². The highest BCUT2D eigenvalue weighted by atomic mass is 16.6. The first-order chi connectivity index (χ1) is 9.91. The number of carboxylic acids is 1. The molecule has 0 aliphatic heterocycles. The minimum atomic E-state index is -1.24. The number of nitrogens with zero attached hydrogens (tertiary/aromatic N) is 3. The highest BCUT2D eigenvalue weighted by Crippen LogP contribution is 2.21. The lowest BCUT2D eigenvalue weighted by atomic mass is 10.3. The molecule has 21 heavy (non-hydrogen) atoms. The average molecular weight is 298 g/mol. The minimum Gasteiger partial charge on any atom is -0.477 e. The Kier molecular flexibility index (Phi) is 6.50. The number of likely N-dealkylation sites (N-methyl/N-ethyl adjacent to an activating group) is 1. The number of carbonyl (C=O) groups is 1. The first kappa shape index (κ1) is 16.8. The topological polar surface area (TPSA) is 118 Å². The van der Waals surface area contributed by atoms with E-state index in [1.165, 1.54) is 0 Å². The third kappa shape index (κ3) is 5.71. The molecule has 2 N–H and O–H groups in total. The van der Waals surface area contributed by atoms with Crippen molar-refractivity contribution in [2.75, 3.05) is 45.7 Å². The summed E-state index contributed by atoms with van der Waals surface area (Å²) in [7, 11) is 3.85. The lowest BCUT2D eigenvalue weighted by Crippen LogP contribution is -2.20. The van der Waals surface area contributed by atoms with Gasteiger partial charge in [0.05, 0.1) is 18.1 Å². The van der Waals surface area contributed by atoms with Gasteiger partial charge in [-0.05, 0) is 20.2 Å². The summed E-state index contributed by atoms with van der Waals surface area (Å²) in [4.78, 5) is 26.8. The monoisotopic (exact) mass is 298 g/mol. The number of hydrogen-bond donors (Lipinski definition) is 2. The predicted octanol–water partition coefficient (Wildman–Crippen LogP) is 0.678. The van der Waals surface area contributed by atoms with Gasteiger partial charge in [0.1, 0.15) is 0 Å². The van der Waals surface area contributed by atoms with Crippen molar-refractivity contribution in [3.63, 3.8) is 0 Å². The van der Waals surface area contributed by atoms with Gasteiger partial charge in [-0.25, -0.2) is 9.78 Å². The molecular formula is C12H18N4O5. The van der Waals surface area contributed by atoms with Gasteiger partial charge in [-0.2, -0.15) is 0 Å². The Morgan fingerprint density at radius 3 is 2.76 bits per heavy atom. The summed E-state index contributed by atoms with van der Waals surface area (Å²) in [5.74, 6) is -1.31. The molecule has 0 aliphatic carbocycles. The van der Waals surface area contributed by atoms with Crippen molar-refractivity contribution in [2.24, 2.45) is 0 Å². The Morgan fingerprint density at radius 2 is 2.19 bits per heavy atom. The van der Waals surface area contributed by atoms with E-state index in [-0.39, 0.29) is 17.2 Å². The number of nitro groups is 1. The highest BCUT2D eigenvalue weighted by Gasteiger charge is 2.17. The van der Waals surface area contributed by atoms with Crippen LogP contribution < -0.4 is 5.32 Å². The molecule has 0 bridgehead atoms. The van der Waals surface area contributed by atoms with Crippen molar-refractivity contribution < 1.29 is 19.6 Å². The van der Waals surface area contributed by atoms with Gasteiger partial charge in [0.25, 0.3) is 0 Å². The SMILES string of the molecule is CN(C)CCOCCNc1nc(C(=O)O)ccc1[N+](=O)[O-]. The van der Waals surface area contributed by atoms with Crippen LogP contribution in [0.1, 0.15) is 10.5 Å². The Bertz CT molecular complexity index is 506. The maximum absolute atomic E-state index is 10.9. The van der Waals surface area contributed by atoms with Gasteiger partial charge in [0.2, 0.25) is 5.82 Å². The van der Waals surface area contributed by atoms with Gasteiger partial charge in [-0.15, -0.1) is 0 Å². The van der Waals surface area contributed by atoms with E-state index in [2.05, 4.69) is 10.3 Å². The van der Waals surface area contributed by atoms with Crippen LogP contribution in [0.5, 0.6) is 0 Å². The van der Waals surface area contributed by atoms with Gasteiger partial charge in [-0.3, -0.25) is 10.1 Å². The van der Waals surface area contributed by atoms with E-state index in [1.54, 1.807) is 0 Å². The second-order valence-electron chi connectivity index (χ2n) is 4.47. The molecule has 0 radical (unpaired) electrons. The van der Waals surface area contributed by atoms with E-state index in [9.17, 15) is 14.9 Å². The second kappa shape index (κ2) is 8.12. The number of ether oxygens (including phenoxy) is 1. The summed E-state index contributed by atoms with van der Waals surface area (Å²) in [6.45, 7) is 1.95. The zero-order valence-corrected chi connectivity index (χ0v) is 11.9. The normalized spacial score (nSPS) is 10.6. The van der Waals surface area contributed by atoms with Crippen LogP contribution in [0.3, 0.4) is 0 Å². The standard InChI is InChI=1S/C12H18N4O5/c1-15(2)6-8-21-7-5-13-11-10(16(19)20)4-3-9(14-11)12(17)18/h3-4H,5-8H2,1-2H3,(H,13,14)(H,17,18). The van der Waals surface area contributed by atoms with E-state index < -0.39 is 10.9 Å². The third-order valence-corrected chi connectivity index (χ3v) is 2.51. The molecule has 0 unspecified atom stereocenters. The fourth-order valence-electron chi connectivity index (χ4n) is 1.44. The second-order valence-corrected chi connectivity index (χ2v) is 4.47. The molecule has 0 fully saturated rings. The smallest absolute Gasteiger partial charge is 0.354 e.